The smallest absolute Gasteiger partial charge is 0.317 e. The molecular formula is C19H33N5O4. The Bertz CT molecular complexity index is 583. The molecule has 9 heteroatoms. The third kappa shape index (κ3) is 5.35. The zero-order valence-corrected chi connectivity index (χ0v) is 16.9. The number of piperazine rings is 1. The molecule has 158 valence electrons. The van der Waals surface area contributed by atoms with E-state index in [4.69, 9.17) is 5.11 Å². The van der Waals surface area contributed by atoms with Crippen molar-refractivity contribution < 1.29 is 19.5 Å². The summed E-state index contributed by atoms with van der Waals surface area (Å²) in [5, 5.41) is 15.1. The van der Waals surface area contributed by atoms with Crippen LogP contribution in [0.25, 0.3) is 0 Å². The molecule has 1 heterocycles. The van der Waals surface area contributed by atoms with E-state index in [9.17, 15) is 14.4 Å². The topological polar surface area (TPSA) is 105 Å². The number of urea groups is 1. The van der Waals surface area contributed by atoms with Crippen LogP contribution in [0.4, 0.5) is 4.79 Å². The highest BCUT2D eigenvalue weighted by Gasteiger charge is 2.36. The number of carbonyl (C=O) groups excluding carboxylic acids is 2. The van der Waals surface area contributed by atoms with Crippen molar-refractivity contribution in [2.75, 3.05) is 39.3 Å². The van der Waals surface area contributed by atoms with Crippen LogP contribution in [0, 0.1) is 0 Å². The van der Waals surface area contributed by atoms with E-state index in [1.165, 1.54) is 0 Å². The van der Waals surface area contributed by atoms with Gasteiger partial charge in [0.05, 0.1) is 12.6 Å². The van der Waals surface area contributed by atoms with Crippen LogP contribution in [0.2, 0.25) is 0 Å². The van der Waals surface area contributed by atoms with Gasteiger partial charge in [-0.25, -0.2) is 4.79 Å². The van der Waals surface area contributed by atoms with E-state index in [2.05, 4.69) is 15.5 Å². The molecule has 0 aromatic heterocycles. The highest BCUT2D eigenvalue weighted by Crippen LogP contribution is 2.26. The quantitative estimate of drug-likeness (QED) is 0.531. The molecule has 0 aromatic carbocycles. The number of aliphatic carboxylic acids is 1. The summed E-state index contributed by atoms with van der Waals surface area (Å²) in [6, 6.07) is 0.495. The third-order valence-electron chi connectivity index (χ3n) is 6.15. The van der Waals surface area contributed by atoms with Crippen LogP contribution in [0.3, 0.4) is 0 Å². The average molecular weight is 396 g/mol. The summed E-state index contributed by atoms with van der Waals surface area (Å²) < 4.78 is 0. The summed E-state index contributed by atoms with van der Waals surface area (Å²) in [5.41, 5.74) is 0. The van der Waals surface area contributed by atoms with Gasteiger partial charge in [0, 0.05) is 44.3 Å². The van der Waals surface area contributed by atoms with E-state index in [-0.39, 0.29) is 36.6 Å². The molecule has 3 amide bonds. The second-order valence-electron chi connectivity index (χ2n) is 8.21. The van der Waals surface area contributed by atoms with Crippen molar-refractivity contribution in [1.29, 1.82) is 0 Å². The number of hydrogen-bond donors (Lipinski definition) is 3. The van der Waals surface area contributed by atoms with Crippen molar-refractivity contribution in [2.45, 2.75) is 63.7 Å². The Labute approximate surface area is 166 Å². The molecule has 1 atom stereocenters. The molecule has 0 bridgehead atoms. The fourth-order valence-corrected chi connectivity index (χ4v) is 3.97. The normalized spacial score (nSPS) is 26.5. The van der Waals surface area contributed by atoms with Crippen molar-refractivity contribution in [3.05, 3.63) is 0 Å². The van der Waals surface area contributed by atoms with E-state index in [0.717, 1.165) is 25.7 Å². The number of rotatable bonds is 8. The molecule has 3 N–H and O–H groups in total. The zero-order valence-electron chi connectivity index (χ0n) is 16.9. The van der Waals surface area contributed by atoms with Crippen molar-refractivity contribution in [3.63, 3.8) is 0 Å². The molecule has 1 aliphatic heterocycles. The Balaban J connectivity index is 1.35. The molecule has 0 spiro atoms. The fourth-order valence-electron chi connectivity index (χ4n) is 3.97. The lowest BCUT2D eigenvalue weighted by Gasteiger charge is -2.43. The van der Waals surface area contributed by atoms with Gasteiger partial charge in [-0.3, -0.25) is 19.4 Å². The van der Waals surface area contributed by atoms with Crippen LogP contribution >= 0.6 is 0 Å². The van der Waals surface area contributed by atoms with E-state index in [0.29, 0.717) is 38.8 Å². The number of carboxylic acids is 1. The van der Waals surface area contributed by atoms with Gasteiger partial charge in [0.25, 0.3) is 0 Å². The van der Waals surface area contributed by atoms with Crippen LogP contribution in [0.15, 0.2) is 0 Å². The number of nitrogens with zero attached hydrogens (tertiary/aromatic N) is 3. The Morgan fingerprint density at radius 3 is 2.25 bits per heavy atom. The van der Waals surface area contributed by atoms with Crippen molar-refractivity contribution in [1.82, 2.24) is 25.3 Å². The average Bonchev–Trinajstić information content (AvgIpc) is 3.45. The summed E-state index contributed by atoms with van der Waals surface area (Å²) in [6.07, 6.45) is 3.76. The predicted octanol–water partition coefficient (Wildman–Crippen LogP) is -0.0818. The largest absolute Gasteiger partial charge is 0.480 e. The van der Waals surface area contributed by atoms with Gasteiger partial charge >= 0.3 is 12.0 Å². The van der Waals surface area contributed by atoms with Gasteiger partial charge in [0.15, 0.2) is 0 Å². The summed E-state index contributed by atoms with van der Waals surface area (Å²) in [4.78, 5) is 41.5. The molecule has 3 fully saturated rings. The number of carboxylic acid groups (broad SMARTS) is 1. The molecule has 2 saturated carbocycles. The molecule has 28 heavy (non-hydrogen) atoms. The van der Waals surface area contributed by atoms with E-state index >= 15 is 0 Å². The Morgan fingerprint density at radius 2 is 1.71 bits per heavy atom. The fraction of sp³-hybridized carbons (Fsp3) is 0.842. The molecule has 2 aliphatic carbocycles. The first-order valence-electron chi connectivity index (χ1n) is 10.4. The van der Waals surface area contributed by atoms with Gasteiger partial charge in [-0.2, -0.15) is 0 Å². The Kier molecular flexibility index (Phi) is 6.77. The zero-order chi connectivity index (χ0) is 20.3. The summed E-state index contributed by atoms with van der Waals surface area (Å²) >= 11 is 0. The maximum Gasteiger partial charge on any atom is 0.317 e. The van der Waals surface area contributed by atoms with Gasteiger partial charge in [0.2, 0.25) is 5.91 Å². The number of carbonyl (C=O) groups is 3. The maximum absolute atomic E-state index is 12.5. The standard InChI is InChI=1S/C19H33N5O4/c1-3-22(12-17(25)26)16-10-15(11-16)21-19(28)24-8-6-23(7-9-24)13(2)18(27)20-14-4-5-14/h13-16H,3-12H2,1-2H3,(H,20,27)(H,21,28)(H,25,26). The molecular weight excluding hydrogens is 362 g/mol. The van der Waals surface area contributed by atoms with Gasteiger partial charge in [-0.15, -0.1) is 0 Å². The van der Waals surface area contributed by atoms with Crippen molar-refractivity contribution >= 4 is 17.9 Å². The maximum atomic E-state index is 12.5. The lowest BCUT2D eigenvalue weighted by molar-refractivity contribution is -0.139. The summed E-state index contributed by atoms with van der Waals surface area (Å²) in [7, 11) is 0. The van der Waals surface area contributed by atoms with Crippen LogP contribution in [-0.2, 0) is 9.59 Å². The minimum absolute atomic E-state index is 0.0519. The predicted molar refractivity (Wildman–Crippen MR) is 104 cm³/mol. The van der Waals surface area contributed by atoms with Crippen LogP contribution < -0.4 is 10.6 Å². The van der Waals surface area contributed by atoms with Gasteiger partial charge in [-0.05, 0) is 39.2 Å². The number of amides is 3. The van der Waals surface area contributed by atoms with E-state index in [1.54, 1.807) is 0 Å². The summed E-state index contributed by atoms with van der Waals surface area (Å²) in [5.74, 6) is -0.727. The van der Waals surface area contributed by atoms with Gasteiger partial charge in [0.1, 0.15) is 0 Å². The second kappa shape index (κ2) is 9.09. The monoisotopic (exact) mass is 395 g/mol. The molecule has 0 radical (unpaired) electrons. The Morgan fingerprint density at radius 1 is 1.07 bits per heavy atom. The minimum atomic E-state index is -0.813. The molecule has 3 aliphatic rings. The van der Waals surface area contributed by atoms with Gasteiger partial charge in [-0.1, -0.05) is 6.92 Å². The number of nitrogens with one attached hydrogen (secondary N) is 2. The molecule has 1 saturated heterocycles. The first-order valence-corrected chi connectivity index (χ1v) is 10.4. The van der Waals surface area contributed by atoms with Crippen LogP contribution in [0.5, 0.6) is 0 Å². The first-order chi connectivity index (χ1) is 13.4. The van der Waals surface area contributed by atoms with E-state index < -0.39 is 5.97 Å². The van der Waals surface area contributed by atoms with Crippen molar-refractivity contribution in [2.24, 2.45) is 0 Å². The molecule has 1 unspecified atom stereocenters. The number of hydrogen-bond acceptors (Lipinski definition) is 5. The SMILES string of the molecule is CCN(CC(=O)O)C1CC(NC(=O)N2CCN(C(C)C(=O)NC3CC3)CC2)C1. The molecule has 9 nitrogen and oxygen atoms in total. The summed E-state index contributed by atoms with van der Waals surface area (Å²) in [6.45, 7) is 7.26. The molecule has 3 rings (SSSR count). The third-order valence-corrected chi connectivity index (χ3v) is 6.15. The lowest BCUT2D eigenvalue weighted by atomic mass is 9.85. The van der Waals surface area contributed by atoms with Crippen LogP contribution in [-0.4, -0.2) is 101 Å². The highest BCUT2D eigenvalue weighted by molar-refractivity contribution is 5.82. The molecule has 0 aromatic rings. The minimum Gasteiger partial charge on any atom is -0.480 e. The highest BCUT2D eigenvalue weighted by atomic mass is 16.4. The van der Waals surface area contributed by atoms with E-state index in [1.807, 2.05) is 23.6 Å². The number of likely N-dealkylation sites (N-methyl/N-ethyl adjacent to an activating group) is 1. The second-order valence-corrected chi connectivity index (χ2v) is 8.21. The first kappa shape index (κ1) is 20.9. The van der Waals surface area contributed by atoms with Crippen LogP contribution in [0.1, 0.15) is 39.5 Å². The van der Waals surface area contributed by atoms with Crippen molar-refractivity contribution in [3.8, 4) is 0 Å². The lowest BCUT2D eigenvalue weighted by Crippen LogP contribution is -2.60. The van der Waals surface area contributed by atoms with Gasteiger partial charge < -0.3 is 20.6 Å². The Hall–Kier alpha value is -1.87.